The standard InChI is InChI=1S/C10H15N5S/c1-7-6-16-9(12-7)5-15-4-8(13-14-15)10(2,3)11/h4,6H,5,11H2,1-3H3. The molecule has 0 atom stereocenters. The summed E-state index contributed by atoms with van der Waals surface area (Å²) in [6.07, 6.45) is 1.87. The zero-order valence-corrected chi connectivity index (χ0v) is 10.5. The topological polar surface area (TPSA) is 69.6 Å². The van der Waals surface area contributed by atoms with Crippen LogP contribution in [0.4, 0.5) is 0 Å². The van der Waals surface area contributed by atoms with E-state index >= 15 is 0 Å². The van der Waals surface area contributed by atoms with Crippen LogP contribution in [0.15, 0.2) is 11.6 Å². The Morgan fingerprint density at radius 2 is 2.25 bits per heavy atom. The lowest BCUT2D eigenvalue weighted by Gasteiger charge is -2.13. The minimum Gasteiger partial charge on any atom is -0.320 e. The van der Waals surface area contributed by atoms with Crippen molar-refractivity contribution in [2.45, 2.75) is 32.9 Å². The van der Waals surface area contributed by atoms with E-state index in [1.807, 2.05) is 32.3 Å². The molecule has 0 aromatic carbocycles. The summed E-state index contributed by atoms with van der Waals surface area (Å²) < 4.78 is 1.77. The van der Waals surface area contributed by atoms with Crippen LogP contribution >= 0.6 is 11.3 Å². The van der Waals surface area contributed by atoms with Gasteiger partial charge in [0.15, 0.2) is 0 Å². The highest BCUT2D eigenvalue weighted by molar-refractivity contribution is 7.09. The van der Waals surface area contributed by atoms with E-state index in [2.05, 4.69) is 15.3 Å². The molecule has 0 saturated carbocycles. The van der Waals surface area contributed by atoms with Crippen molar-refractivity contribution in [2.75, 3.05) is 0 Å². The van der Waals surface area contributed by atoms with E-state index in [0.717, 1.165) is 16.4 Å². The summed E-state index contributed by atoms with van der Waals surface area (Å²) in [6, 6.07) is 0. The molecule has 16 heavy (non-hydrogen) atoms. The second kappa shape index (κ2) is 3.95. The molecule has 0 unspecified atom stereocenters. The van der Waals surface area contributed by atoms with Crippen molar-refractivity contribution in [1.82, 2.24) is 20.0 Å². The van der Waals surface area contributed by atoms with Gasteiger partial charge in [-0.25, -0.2) is 9.67 Å². The maximum Gasteiger partial charge on any atom is 0.114 e. The first-order valence-corrected chi connectivity index (χ1v) is 5.93. The monoisotopic (exact) mass is 237 g/mol. The van der Waals surface area contributed by atoms with E-state index in [0.29, 0.717) is 6.54 Å². The third-order valence-electron chi connectivity index (χ3n) is 2.16. The number of rotatable bonds is 3. The van der Waals surface area contributed by atoms with E-state index in [4.69, 9.17) is 5.73 Å². The van der Waals surface area contributed by atoms with Crippen molar-refractivity contribution >= 4 is 11.3 Å². The van der Waals surface area contributed by atoms with E-state index in [1.165, 1.54) is 0 Å². The predicted molar refractivity (Wildman–Crippen MR) is 63.2 cm³/mol. The van der Waals surface area contributed by atoms with E-state index in [-0.39, 0.29) is 0 Å². The fourth-order valence-corrected chi connectivity index (χ4v) is 2.05. The van der Waals surface area contributed by atoms with Crippen molar-refractivity contribution in [3.05, 3.63) is 28.0 Å². The van der Waals surface area contributed by atoms with Crippen molar-refractivity contribution in [3.8, 4) is 0 Å². The number of hydrogen-bond acceptors (Lipinski definition) is 5. The molecule has 2 rings (SSSR count). The molecule has 0 saturated heterocycles. The normalized spacial score (nSPS) is 12.0. The number of thiazole rings is 1. The van der Waals surface area contributed by atoms with Gasteiger partial charge < -0.3 is 5.73 Å². The van der Waals surface area contributed by atoms with Gasteiger partial charge >= 0.3 is 0 Å². The van der Waals surface area contributed by atoms with Crippen LogP contribution in [0.1, 0.15) is 30.2 Å². The maximum absolute atomic E-state index is 5.94. The average molecular weight is 237 g/mol. The Bertz CT molecular complexity index is 479. The Morgan fingerprint density at radius 3 is 2.75 bits per heavy atom. The number of aromatic nitrogens is 4. The lowest BCUT2D eigenvalue weighted by molar-refractivity contribution is 0.533. The molecule has 0 aliphatic carbocycles. The molecule has 2 aromatic heterocycles. The van der Waals surface area contributed by atoms with Crippen LogP contribution in [0.25, 0.3) is 0 Å². The summed E-state index contributed by atoms with van der Waals surface area (Å²) in [6.45, 7) is 6.46. The quantitative estimate of drug-likeness (QED) is 0.873. The molecule has 0 spiro atoms. The minimum atomic E-state index is -0.447. The zero-order chi connectivity index (χ0) is 11.8. The van der Waals surface area contributed by atoms with Gasteiger partial charge in [0.25, 0.3) is 0 Å². The third-order valence-corrected chi connectivity index (χ3v) is 3.11. The van der Waals surface area contributed by atoms with Crippen LogP contribution in [-0.4, -0.2) is 20.0 Å². The van der Waals surface area contributed by atoms with E-state index in [9.17, 15) is 0 Å². The zero-order valence-electron chi connectivity index (χ0n) is 9.64. The highest BCUT2D eigenvalue weighted by Crippen LogP contribution is 2.14. The molecule has 0 aliphatic rings. The van der Waals surface area contributed by atoms with Crippen molar-refractivity contribution in [2.24, 2.45) is 5.73 Å². The molecule has 2 heterocycles. The second-order valence-electron chi connectivity index (χ2n) is 4.41. The Labute approximate surface area is 98.3 Å². The Kier molecular flexibility index (Phi) is 2.77. The molecular formula is C10H15N5S. The second-order valence-corrected chi connectivity index (χ2v) is 5.35. The number of nitrogens with zero attached hydrogens (tertiary/aromatic N) is 4. The van der Waals surface area contributed by atoms with Gasteiger partial charge in [0, 0.05) is 11.1 Å². The van der Waals surface area contributed by atoms with Gasteiger partial charge in [-0.1, -0.05) is 5.21 Å². The lowest BCUT2D eigenvalue weighted by atomic mass is 10.0. The molecule has 5 nitrogen and oxygen atoms in total. The summed E-state index contributed by atoms with van der Waals surface area (Å²) in [5.41, 5.74) is 7.32. The maximum atomic E-state index is 5.94. The summed E-state index contributed by atoms with van der Waals surface area (Å²) in [7, 11) is 0. The van der Waals surface area contributed by atoms with Gasteiger partial charge in [-0.15, -0.1) is 16.4 Å². The van der Waals surface area contributed by atoms with Crippen LogP contribution in [0.3, 0.4) is 0 Å². The summed E-state index contributed by atoms with van der Waals surface area (Å²) in [5, 5.41) is 11.2. The predicted octanol–water partition coefficient (Wildman–Crippen LogP) is 1.29. The first kappa shape index (κ1) is 11.2. The third kappa shape index (κ3) is 2.45. The van der Waals surface area contributed by atoms with Crippen molar-refractivity contribution in [1.29, 1.82) is 0 Å². The average Bonchev–Trinajstić information content (AvgIpc) is 2.74. The molecule has 0 amide bonds. The van der Waals surface area contributed by atoms with Crippen molar-refractivity contribution < 1.29 is 0 Å². The van der Waals surface area contributed by atoms with Crippen LogP contribution in [0.2, 0.25) is 0 Å². The largest absolute Gasteiger partial charge is 0.320 e. The fraction of sp³-hybridized carbons (Fsp3) is 0.500. The van der Waals surface area contributed by atoms with E-state index in [1.54, 1.807) is 16.0 Å². The highest BCUT2D eigenvalue weighted by Gasteiger charge is 2.18. The molecule has 86 valence electrons. The molecule has 0 bridgehead atoms. The molecule has 0 radical (unpaired) electrons. The molecule has 2 N–H and O–H groups in total. The van der Waals surface area contributed by atoms with Crippen molar-refractivity contribution in [3.63, 3.8) is 0 Å². The van der Waals surface area contributed by atoms with Gasteiger partial charge in [0.2, 0.25) is 0 Å². The number of nitrogens with two attached hydrogens (primary N) is 1. The minimum absolute atomic E-state index is 0.447. The van der Waals surface area contributed by atoms with Gasteiger partial charge in [-0.2, -0.15) is 0 Å². The first-order valence-electron chi connectivity index (χ1n) is 5.05. The molecule has 0 fully saturated rings. The van der Waals surface area contributed by atoms with Crippen LogP contribution in [0.5, 0.6) is 0 Å². The van der Waals surface area contributed by atoms with Crippen LogP contribution < -0.4 is 5.73 Å². The smallest absolute Gasteiger partial charge is 0.114 e. The van der Waals surface area contributed by atoms with Gasteiger partial charge in [0.05, 0.1) is 18.3 Å². The van der Waals surface area contributed by atoms with E-state index < -0.39 is 5.54 Å². The van der Waals surface area contributed by atoms with Gasteiger partial charge in [-0.05, 0) is 20.8 Å². The Balaban J connectivity index is 2.14. The van der Waals surface area contributed by atoms with Crippen LogP contribution in [0, 0.1) is 6.92 Å². The Hall–Kier alpha value is -1.27. The summed E-state index contributed by atoms with van der Waals surface area (Å²) in [4.78, 5) is 4.38. The molecule has 2 aromatic rings. The molecule has 6 heteroatoms. The summed E-state index contributed by atoms with van der Waals surface area (Å²) >= 11 is 1.63. The van der Waals surface area contributed by atoms with Gasteiger partial charge in [0.1, 0.15) is 10.7 Å². The number of hydrogen-bond donors (Lipinski definition) is 1. The molecular weight excluding hydrogens is 222 g/mol. The fourth-order valence-electron chi connectivity index (χ4n) is 1.28. The lowest BCUT2D eigenvalue weighted by Crippen LogP contribution is -2.29. The van der Waals surface area contributed by atoms with Gasteiger partial charge in [-0.3, -0.25) is 0 Å². The SMILES string of the molecule is Cc1csc(Cn2cc(C(C)(C)N)nn2)n1. The Morgan fingerprint density at radius 1 is 1.50 bits per heavy atom. The first-order chi connectivity index (χ1) is 7.45. The van der Waals surface area contributed by atoms with Crippen LogP contribution in [-0.2, 0) is 12.1 Å². The summed E-state index contributed by atoms with van der Waals surface area (Å²) in [5.74, 6) is 0. The number of aryl methyl sites for hydroxylation is 1. The highest BCUT2D eigenvalue weighted by atomic mass is 32.1. The molecule has 0 aliphatic heterocycles.